The molecule has 1 aliphatic heterocycles. The smallest absolute Gasteiger partial charge is 0.247 e. The van der Waals surface area contributed by atoms with Crippen LogP contribution in [-0.4, -0.2) is 41.7 Å². The van der Waals surface area contributed by atoms with Gasteiger partial charge in [0.1, 0.15) is 5.75 Å². The summed E-state index contributed by atoms with van der Waals surface area (Å²) in [6.07, 6.45) is 3.52. The maximum atomic E-state index is 12.9. The minimum Gasteiger partial charge on any atom is -0.497 e. The van der Waals surface area contributed by atoms with Crippen molar-refractivity contribution in [3.63, 3.8) is 0 Å². The Labute approximate surface area is 205 Å². The van der Waals surface area contributed by atoms with E-state index in [0.717, 1.165) is 33.6 Å². The van der Waals surface area contributed by atoms with E-state index in [1.54, 1.807) is 11.8 Å². The number of ether oxygens (including phenoxy) is 1. The van der Waals surface area contributed by atoms with Crippen molar-refractivity contribution in [3.05, 3.63) is 102 Å². The molecular formula is C27H26N4O3S. The number of nitrogens with zero attached hydrogens (tertiary/aromatic N) is 4. The minimum atomic E-state index is -3.64. The average Bonchev–Trinajstić information content (AvgIpc) is 3.50. The molecule has 8 heteroatoms. The number of sulfonamides is 1. The van der Waals surface area contributed by atoms with Gasteiger partial charge < -0.3 is 4.74 Å². The summed E-state index contributed by atoms with van der Waals surface area (Å²) >= 11 is 0. The molecule has 4 aromatic rings. The standard InChI is InChI=1S/C27H26N4O3S/c1-19-12-14-20(15-13-19)27-24(18-30(29-27)22-9-5-4-6-10-22)26-17-25(28-31(26)35(3,32)33)21-8-7-11-23(16-21)34-2/h4-16,18,26H,17H2,1-3H3. The Morgan fingerprint density at radius 1 is 0.943 bits per heavy atom. The normalized spacial score (nSPS) is 15.8. The number of hydrogen-bond acceptors (Lipinski definition) is 5. The summed E-state index contributed by atoms with van der Waals surface area (Å²) in [6.45, 7) is 2.03. The van der Waals surface area contributed by atoms with Crippen molar-refractivity contribution in [2.75, 3.05) is 13.4 Å². The van der Waals surface area contributed by atoms with Crippen LogP contribution in [0.5, 0.6) is 5.75 Å². The highest BCUT2D eigenvalue weighted by Crippen LogP contribution is 2.39. The average molecular weight is 487 g/mol. The highest BCUT2D eigenvalue weighted by atomic mass is 32.2. The van der Waals surface area contributed by atoms with Gasteiger partial charge in [0, 0.05) is 29.3 Å². The van der Waals surface area contributed by atoms with Crippen LogP contribution in [0.25, 0.3) is 16.9 Å². The Morgan fingerprint density at radius 2 is 1.69 bits per heavy atom. The first-order valence-corrected chi connectivity index (χ1v) is 13.1. The first-order chi connectivity index (χ1) is 16.8. The Hall–Kier alpha value is -3.91. The van der Waals surface area contributed by atoms with Crippen molar-refractivity contribution >= 4 is 15.7 Å². The number of aromatic nitrogens is 2. The first-order valence-electron chi connectivity index (χ1n) is 11.3. The highest BCUT2D eigenvalue weighted by molar-refractivity contribution is 7.88. The lowest BCUT2D eigenvalue weighted by molar-refractivity contribution is 0.375. The van der Waals surface area contributed by atoms with Gasteiger partial charge in [0.25, 0.3) is 0 Å². The van der Waals surface area contributed by atoms with Crippen LogP contribution < -0.4 is 4.74 Å². The minimum absolute atomic E-state index is 0.416. The van der Waals surface area contributed by atoms with Crippen LogP contribution in [0.2, 0.25) is 0 Å². The Morgan fingerprint density at radius 3 is 2.37 bits per heavy atom. The molecule has 0 saturated carbocycles. The van der Waals surface area contributed by atoms with E-state index < -0.39 is 16.1 Å². The first kappa shape index (κ1) is 22.9. The third-order valence-corrected chi connectivity index (χ3v) is 7.08. The van der Waals surface area contributed by atoms with Gasteiger partial charge in [-0.1, -0.05) is 60.2 Å². The molecule has 1 aromatic heterocycles. The van der Waals surface area contributed by atoms with Crippen LogP contribution in [0, 0.1) is 6.92 Å². The SMILES string of the molecule is COc1cccc(C2=NN(S(C)(=O)=O)C(c3cn(-c4ccccc4)nc3-c3ccc(C)cc3)C2)c1. The van der Waals surface area contributed by atoms with Gasteiger partial charge in [-0.05, 0) is 31.2 Å². The molecule has 0 aliphatic carbocycles. The molecular weight excluding hydrogens is 460 g/mol. The number of hydrazone groups is 1. The highest BCUT2D eigenvalue weighted by Gasteiger charge is 2.37. The molecule has 1 atom stereocenters. The molecule has 35 heavy (non-hydrogen) atoms. The molecule has 1 aliphatic rings. The predicted octanol–water partition coefficient (Wildman–Crippen LogP) is 4.97. The fourth-order valence-electron chi connectivity index (χ4n) is 4.28. The monoisotopic (exact) mass is 486 g/mol. The summed E-state index contributed by atoms with van der Waals surface area (Å²) in [7, 11) is -2.04. The van der Waals surface area contributed by atoms with Crippen molar-refractivity contribution in [1.29, 1.82) is 0 Å². The zero-order valence-electron chi connectivity index (χ0n) is 19.8. The van der Waals surface area contributed by atoms with Crippen molar-refractivity contribution < 1.29 is 13.2 Å². The molecule has 0 amide bonds. The molecule has 178 valence electrons. The molecule has 5 rings (SSSR count). The van der Waals surface area contributed by atoms with Crippen LogP contribution in [0.15, 0.2) is 90.2 Å². The summed E-state index contributed by atoms with van der Waals surface area (Å²) in [5.41, 5.74) is 5.99. The fraction of sp³-hybridized carbons (Fsp3) is 0.185. The van der Waals surface area contributed by atoms with E-state index in [1.807, 2.05) is 92.0 Å². The molecule has 0 spiro atoms. The Bertz CT molecular complexity index is 1490. The van der Waals surface area contributed by atoms with Crippen LogP contribution in [-0.2, 0) is 10.0 Å². The van der Waals surface area contributed by atoms with E-state index in [-0.39, 0.29) is 0 Å². The topological polar surface area (TPSA) is 76.8 Å². The van der Waals surface area contributed by atoms with E-state index >= 15 is 0 Å². The lowest BCUT2D eigenvalue weighted by atomic mass is 9.97. The maximum absolute atomic E-state index is 12.9. The number of benzene rings is 3. The van der Waals surface area contributed by atoms with Crippen LogP contribution >= 0.6 is 0 Å². The Kier molecular flexibility index (Phi) is 5.90. The van der Waals surface area contributed by atoms with E-state index in [1.165, 1.54) is 10.7 Å². The number of rotatable bonds is 6. The molecule has 3 aromatic carbocycles. The fourth-order valence-corrected chi connectivity index (χ4v) is 5.18. The van der Waals surface area contributed by atoms with E-state index in [4.69, 9.17) is 9.84 Å². The van der Waals surface area contributed by atoms with Gasteiger partial charge >= 0.3 is 0 Å². The van der Waals surface area contributed by atoms with E-state index in [0.29, 0.717) is 17.9 Å². The molecule has 0 bridgehead atoms. The third kappa shape index (κ3) is 4.57. The predicted molar refractivity (Wildman–Crippen MR) is 137 cm³/mol. The summed E-state index contributed by atoms with van der Waals surface area (Å²) in [4.78, 5) is 0. The summed E-state index contributed by atoms with van der Waals surface area (Å²) < 4.78 is 34.1. The van der Waals surface area contributed by atoms with Crippen molar-refractivity contribution in [3.8, 4) is 22.7 Å². The summed E-state index contributed by atoms with van der Waals surface area (Å²) in [6, 6.07) is 24.9. The van der Waals surface area contributed by atoms with Gasteiger partial charge in [-0.2, -0.15) is 14.6 Å². The second-order valence-electron chi connectivity index (χ2n) is 8.61. The molecule has 1 unspecified atom stereocenters. The zero-order valence-corrected chi connectivity index (χ0v) is 20.6. The van der Waals surface area contributed by atoms with Gasteiger partial charge in [-0.25, -0.2) is 13.1 Å². The van der Waals surface area contributed by atoms with Gasteiger partial charge in [0.05, 0.1) is 36.5 Å². The quantitative estimate of drug-likeness (QED) is 0.386. The van der Waals surface area contributed by atoms with Crippen molar-refractivity contribution in [2.24, 2.45) is 5.10 Å². The molecule has 0 saturated heterocycles. The summed E-state index contributed by atoms with van der Waals surface area (Å²) in [5, 5.41) is 9.45. The Balaban J connectivity index is 1.64. The lowest BCUT2D eigenvalue weighted by Gasteiger charge is -2.21. The zero-order chi connectivity index (χ0) is 24.6. The summed E-state index contributed by atoms with van der Waals surface area (Å²) in [5.74, 6) is 0.691. The number of methoxy groups -OCH3 is 1. The lowest BCUT2D eigenvalue weighted by Crippen LogP contribution is -2.26. The number of hydrogen-bond donors (Lipinski definition) is 0. The molecule has 0 N–H and O–H groups in total. The van der Waals surface area contributed by atoms with Crippen molar-refractivity contribution in [1.82, 2.24) is 14.2 Å². The van der Waals surface area contributed by atoms with E-state index in [9.17, 15) is 8.42 Å². The maximum Gasteiger partial charge on any atom is 0.247 e. The molecule has 0 radical (unpaired) electrons. The van der Waals surface area contributed by atoms with Crippen LogP contribution in [0.1, 0.15) is 29.2 Å². The molecule has 2 heterocycles. The van der Waals surface area contributed by atoms with Crippen LogP contribution in [0.4, 0.5) is 0 Å². The third-order valence-electron chi connectivity index (χ3n) is 6.06. The van der Waals surface area contributed by atoms with Gasteiger partial charge in [-0.15, -0.1) is 0 Å². The van der Waals surface area contributed by atoms with Gasteiger partial charge in [0.2, 0.25) is 10.0 Å². The second kappa shape index (κ2) is 9.03. The number of para-hydroxylation sites is 1. The van der Waals surface area contributed by atoms with E-state index in [2.05, 4.69) is 5.10 Å². The molecule has 7 nitrogen and oxygen atoms in total. The van der Waals surface area contributed by atoms with Gasteiger partial charge in [0.15, 0.2) is 0 Å². The molecule has 0 fully saturated rings. The van der Waals surface area contributed by atoms with Crippen LogP contribution in [0.3, 0.4) is 0 Å². The number of aryl methyl sites for hydroxylation is 1. The van der Waals surface area contributed by atoms with Crippen molar-refractivity contribution in [2.45, 2.75) is 19.4 Å². The largest absolute Gasteiger partial charge is 0.497 e. The van der Waals surface area contributed by atoms with Gasteiger partial charge in [-0.3, -0.25) is 0 Å². The second-order valence-corrected chi connectivity index (χ2v) is 10.5.